The largest absolute Gasteiger partial charge is 0.472 e. The van der Waals surface area contributed by atoms with Gasteiger partial charge >= 0.3 is 15.6 Å². The Morgan fingerprint density at radius 1 is 0.844 bits per heavy atom. The second-order valence-corrected chi connectivity index (χ2v) is 12.9. The van der Waals surface area contributed by atoms with E-state index in [-0.39, 0.29) is 34.1 Å². The molecular formula is C20H22F2N10O11P2. The van der Waals surface area contributed by atoms with E-state index in [2.05, 4.69) is 29.9 Å². The highest BCUT2D eigenvalue weighted by molar-refractivity contribution is 7.47. The molecule has 7 rings (SSSR count). The molecule has 5 unspecified atom stereocenters. The fourth-order valence-electron chi connectivity index (χ4n) is 5.23. The van der Waals surface area contributed by atoms with Gasteiger partial charge in [0.1, 0.15) is 36.3 Å². The number of nitrogens with zero attached hydrogens (tertiary/aromatic N) is 7. The van der Waals surface area contributed by atoms with Gasteiger partial charge in [-0.1, -0.05) is 0 Å². The number of alkyl halides is 2. The molecule has 0 aliphatic carbocycles. The van der Waals surface area contributed by atoms with Crippen molar-refractivity contribution in [3.8, 4) is 0 Å². The predicted molar refractivity (Wildman–Crippen MR) is 141 cm³/mol. The molecule has 10 atom stereocenters. The number of aromatic amines is 1. The Morgan fingerprint density at radius 3 is 2.20 bits per heavy atom. The minimum Gasteiger partial charge on any atom is -0.382 e. The molecular weight excluding hydrogens is 656 g/mol. The minimum absolute atomic E-state index is 0.0167. The SMILES string of the molecule is Nc1nc2c(ncn2[C@@H]2O[C@@H]3COP(=O)(O)O[C@@H]4C(F)[C@H](n5cnc6c(N)ncnc65)O[C@@H]4COP(=O)(O)OC2C3F)c(=O)[nH]1. The molecule has 25 heteroatoms. The summed E-state index contributed by atoms with van der Waals surface area (Å²) in [6, 6.07) is 0. The van der Waals surface area contributed by atoms with Crippen molar-refractivity contribution in [1.82, 2.24) is 39.0 Å². The first-order valence-electron chi connectivity index (χ1n) is 12.9. The summed E-state index contributed by atoms with van der Waals surface area (Å²) in [4.78, 5) is 55.2. The first-order chi connectivity index (χ1) is 21.3. The fourth-order valence-corrected chi connectivity index (χ4v) is 7.11. The van der Waals surface area contributed by atoms with Crippen molar-refractivity contribution in [2.24, 2.45) is 0 Å². The van der Waals surface area contributed by atoms with Gasteiger partial charge in [-0.05, 0) is 0 Å². The number of ether oxygens (including phenoxy) is 2. The van der Waals surface area contributed by atoms with E-state index in [0.29, 0.717) is 0 Å². The lowest BCUT2D eigenvalue weighted by molar-refractivity contribution is -0.0669. The molecule has 0 aromatic carbocycles. The number of rotatable bonds is 2. The number of H-pyrrole nitrogens is 1. The topological polar surface area (TPSA) is 289 Å². The maximum atomic E-state index is 15.9. The van der Waals surface area contributed by atoms with Crippen LogP contribution in [0.3, 0.4) is 0 Å². The molecule has 0 radical (unpaired) electrons. The van der Waals surface area contributed by atoms with E-state index in [1.807, 2.05) is 0 Å². The van der Waals surface area contributed by atoms with Gasteiger partial charge in [0.05, 0.1) is 25.9 Å². The lowest BCUT2D eigenvalue weighted by Gasteiger charge is -2.25. The molecule has 4 aromatic heterocycles. The van der Waals surface area contributed by atoms with Gasteiger partial charge in [-0.25, -0.2) is 37.8 Å². The van der Waals surface area contributed by atoms with Crippen LogP contribution in [0.1, 0.15) is 12.5 Å². The number of nitrogen functional groups attached to an aromatic ring is 2. The van der Waals surface area contributed by atoms with E-state index in [1.54, 1.807) is 0 Å². The van der Waals surface area contributed by atoms with Gasteiger partial charge in [0.2, 0.25) is 5.95 Å². The lowest BCUT2D eigenvalue weighted by atomic mass is 10.1. The van der Waals surface area contributed by atoms with E-state index in [9.17, 15) is 23.7 Å². The molecule has 242 valence electrons. The number of phosphoric ester groups is 2. The highest BCUT2D eigenvalue weighted by Crippen LogP contribution is 2.54. The Labute approximate surface area is 247 Å². The molecule has 7 N–H and O–H groups in total. The van der Waals surface area contributed by atoms with Crippen LogP contribution in [0.25, 0.3) is 22.3 Å². The molecule has 3 saturated heterocycles. The third-order valence-corrected chi connectivity index (χ3v) is 9.20. The third-order valence-electron chi connectivity index (χ3n) is 7.23. The van der Waals surface area contributed by atoms with Gasteiger partial charge in [-0.15, -0.1) is 0 Å². The first kappa shape index (κ1) is 30.2. The van der Waals surface area contributed by atoms with Gasteiger partial charge < -0.3 is 30.7 Å². The summed E-state index contributed by atoms with van der Waals surface area (Å²) in [6.45, 7) is -1.94. The summed E-state index contributed by atoms with van der Waals surface area (Å²) in [5, 5.41) is 0. The molecule has 3 fully saturated rings. The van der Waals surface area contributed by atoms with E-state index >= 15 is 8.78 Å². The van der Waals surface area contributed by atoms with E-state index in [4.69, 9.17) is 39.0 Å². The van der Waals surface area contributed by atoms with Crippen molar-refractivity contribution in [3.05, 3.63) is 29.3 Å². The van der Waals surface area contributed by atoms with Gasteiger partial charge in [0.25, 0.3) is 5.56 Å². The maximum Gasteiger partial charge on any atom is 0.472 e. The number of anilines is 2. The van der Waals surface area contributed by atoms with Crippen molar-refractivity contribution >= 4 is 49.7 Å². The number of aromatic nitrogens is 8. The number of nitrogens with one attached hydrogen (secondary N) is 1. The molecule has 0 amide bonds. The Balaban J connectivity index is 1.21. The summed E-state index contributed by atoms with van der Waals surface area (Å²) in [7, 11) is -10.4. The molecule has 3 aliphatic rings. The van der Waals surface area contributed by atoms with Crippen LogP contribution in [0.5, 0.6) is 0 Å². The monoisotopic (exact) mass is 678 g/mol. The summed E-state index contributed by atoms with van der Waals surface area (Å²) in [5.74, 6) is -0.342. The second kappa shape index (κ2) is 10.8. The highest BCUT2D eigenvalue weighted by atomic mass is 31.2. The number of hydrogen-bond donors (Lipinski definition) is 5. The quantitative estimate of drug-likeness (QED) is 0.169. The van der Waals surface area contributed by atoms with Crippen LogP contribution in [-0.2, 0) is 36.7 Å². The Bertz CT molecular complexity index is 1940. The molecule has 0 saturated carbocycles. The molecule has 4 aromatic rings. The standard InChI is InChI=1S/C20H22F2N10O11P2/c21-8-6-1-38-44(34,35)42-12-7(41-18(9(12)22)31-4-27-10-14(23)25-3-26-15(10)31)2-39-45(36,37)43-13(8)19(40-6)32-5-28-11-16(32)29-20(24)30-17(11)33/h3-9,12-13,18-19H,1-2H2,(H,34,35)(H,36,37)(H2,23,25,26)(H3,24,29,30,33)/t6-,7-,8?,9?,12+,13?,18-,19-/m1/s1. The molecule has 3 aliphatic heterocycles. The van der Waals surface area contributed by atoms with Crippen LogP contribution in [0.2, 0.25) is 0 Å². The second-order valence-electron chi connectivity index (χ2n) is 10.0. The number of halogens is 2. The molecule has 21 nitrogen and oxygen atoms in total. The van der Waals surface area contributed by atoms with Crippen LogP contribution >= 0.6 is 15.6 Å². The third kappa shape index (κ3) is 5.29. The summed E-state index contributed by atoms with van der Waals surface area (Å²) < 4.78 is 91.3. The van der Waals surface area contributed by atoms with E-state index in [1.165, 1.54) is 0 Å². The summed E-state index contributed by atoms with van der Waals surface area (Å²) in [6.07, 6.45) is -11.8. The zero-order valence-corrected chi connectivity index (χ0v) is 24.1. The Kier molecular flexibility index (Phi) is 7.24. The normalized spacial score (nSPS) is 37.7. The van der Waals surface area contributed by atoms with Gasteiger partial charge in [-0.2, -0.15) is 4.98 Å². The van der Waals surface area contributed by atoms with Crippen LogP contribution < -0.4 is 17.0 Å². The Hall–Kier alpha value is -3.50. The smallest absolute Gasteiger partial charge is 0.382 e. The van der Waals surface area contributed by atoms with Crippen molar-refractivity contribution in [2.75, 3.05) is 24.7 Å². The summed E-state index contributed by atoms with van der Waals surface area (Å²) in [5.41, 5.74) is 10.4. The minimum atomic E-state index is -5.23. The van der Waals surface area contributed by atoms with Crippen LogP contribution in [0.15, 0.2) is 23.8 Å². The van der Waals surface area contributed by atoms with Gasteiger partial charge in [0.15, 0.2) is 47.4 Å². The molecule has 7 heterocycles. The lowest BCUT2D eigenvalue weighted by Crippen LogP contribution is -2.34. The highest BCUT2D eigenvalue weighted by Gasteiger charge is 2.55. The zero-order valence-electron chi connectivity index (χ0n) is 22.3. The Morgan fingerprint density at radius 2 is 1.47 bits per heavy atom. The number of phosphoric acid groups is 2. The molecule has 0 spiro atoms. The van der Waals surface area contributed by atoms with Gasteiger partial charge in [0, 0.05) is 0 Å². The average molecular weight is 678 g/mol. The predicted octanol–water partition coefficient (Wildman–Crippen LogP) is -0.387. The number of nitrogens with two attached hydrogens (primary N) is 2. The number of imidazole rings is 2. The number of fused-ring (bicyclic) bond motifs is 5. The van der Waals surface area contributed by atoms with E-state index < -0.39 is 83.6 Å². The average Bonchev–Trinajstić information content (AvgIpc) is 3.72. The van der Waals surface area contributed by atoms with Crippen LogP contribution in [-0.4, -0.2) is 98.8 Å². The maximum absolute atomic E-state index is 15.9. The van der Waals surface area contributed by atoms with Crippen LogP contribution in [0.4, 0.5) is 20.5 Å². The first-order valence-corrected chi connectivity index (χ1v) is 15.9. The molecule has 2 bridgehead atoms. The van der Waals surface area contributed by atoms with Crippen molar-refractivity contribution in [2.45, 2.75) is 49.2 Å². The van der Waals surface area contributed by atoms with Gasteiger partial charge in [-0.3, -0.25) is 37.0 Å². The zero-order chi connectivity index (χ0) is 31.8. The van der Waals surface area contributed by atoms with Crippen molar-refractivity contribution < 1.29 is 55.3 Å². The van der Waals surface area contributed by atoms with Crippen molar-refractivity contribution in [1.29, 1.82) is 0 Å². The van der Waals surface area contributed by atoms with Crippen LogP contribution in [0, 0.1) is 0 Å². The van der Waals surface area contributed by atoms with E-state index in [0.717, 1.165) is 28.1 Å². The number of hydrogen-bond acceptors (Lipinski definition) is 16. The van der Waals surface area contributed by atoms with Crippen molar-refractivity contribution in [3.63, 3.8) is 0 Å². The molecule has 45 heavy (non-hydrogen) atoms. The fraction of sp³-hybridized carbons (Fsp3) is 0.500. The summed E-state index contributed by atoms with van der Waals surface area (Å²) >= 11 is 0.